The highest BCUT2D eigenvalue weighted by Crippen LogP contribution is 2.25. The summed E-state index contributed by atoms with van der Waals surface area (Å²) in [4.78, 5) is 12.0. The number of methoxy groups -OCH3 is 1. The fraction of sp³-hybridized carbons (Fsp3) is 0.458. The molecular weight excluding hydrogens is 432 g/mol. The van der Waals surface area contributed by atoms with Crippen molar-refractivity contribution in [2.75, 3.05) is 20.3 Å². The van der Waals surface area contributed by atoms with Crippen molar-refractivity contribution in [3.63, 3.8) is 0 Å². The monoisotopic (exact) mass is 462 g/mol. The van der Waals surface area contributed by atoms with Crippen molar-refractivity contribution in [2.24, 2.45) is 5.92 Å². The number of carbonyl (C=O) groups excluding carboxylic acids is 1. The van der Waals surface area contributed by atoms with Crippen LogP contribution < -0.4 is 0 Å². The molecule has 0 aliphatic heterocycles. The Morgan fingerprint density at radius 2 is 1.59 bits per heavy atom. The Morgan fingerprint density at radius 1 is 0.931 bits per heavy atom. The van der Waals surface area contributed by atoms with Crippen LogP contribution in [0.4, 0.5) is 0 Å². The first kappa shape index (κ1) is 23.6. The third kappa shape index (κ3) is 7.57. The Hall–Kier alpha value is -1.69. The van der Waals surface area contributed by atoms with Gasteiger partial charge >= 0.3 is 5.97 Å². The maximum absolute atomic E-state index is 12.3. The van der Waals surface area contributed by atoms with Crippen LogP contribution in [0.1, 0.15) is 49.5 Å². The Labute approximate surface area is 182 Å². The van der Waals surface area contributed by atoms with Gasteiger partial charge in [0.2, 0.25) is 0 Å². The fourth-order valence-electron chi connectivity index (χ4n) is 2.88. The molecule has 29 heavy (non-hydrogen) atoms. The van der Waals surface area contributed by atoms with Gasteiger partial charge in [0.05, 0.1) is 25.9 Å². The van der Waals surface area contributed by atoms with Gasteiger partial charge in [0.15, 0.2) is 0 Å². The Balaban J connectivity index is 1.70. The third-order valence-corrected chi connectivity index (χ3v) is 6.14. The number of benzene rings is 2. The van der Waals surface area contributed by atoms with E-state index in [1.54, 1.807) is 7.11 Å². The zero-order valence-electron chi connectivity index (χ0n) is 17.6. The number of carbonyl (C=O) groups is 1. The summed E-state index contributed by atoms with van der Waals surface area (Å²) in [6, 6.07) is 18.2. The van der Waals surface area contributed by atoms with Crippen LogP contribution in [0, 0.1) is 5.92 Å². The number of hydrogen-bond donors (Lipinski definition) is 0. The molecule has 0 saturated carbocycles. The lowest BCUT2D eigenvalue weighted by Crippen LogP contribution is -2.26. The second-order valence-corrected chi connectivity index (χ2v) is 8.46. The highest BCUT2D eigenvalue weighted by atomic mass is 79.9. The number of halogens is 1. The summed E-state index contributed by atoms with van der Waals surface area (Å²) >= 11 is 3.49. The van der Waals surface area contributed by atoms with Gasteiger partial charge < -0.3 is 14.2 Å². The second-order valence-electron chi connectivity index (χ2n) is 7.47. The maximum atomic E-state index is 12.3. The summed E-state index contributed by atoms with van der Waals surface area (Å²) in [7, 11) is 1.70. The van der Waals surface area contributed by atoms with Crippen molar-refractivity contribution in [3.8, 4) is 0 Å². The van der Waals surface area contributed by atoms with Crippen LogP contribution in [0.3, 0.4) is 0 Å². The first-order valence-electron chi connectivity index (χ1n) is 9.97. The standard InChI is InChI=1S/C24H31BrO4/c1-17(14-28-16-20-10-12-22(13-11-20)19(3)27-4)15-29-24(26)23(25)18(2)21-8-6-5-7-9-21/h5-13,17-19,23H,14-16H2,1-4H3. The van der Waals surface area contributed by atoms with E-state index >= 15 is 0 Å². The Bertz CT molecular complexity index is 732. The lowest BCUT2D eigenvalue weighted by molar-refractivity contribution is -0.145. The normalized spacial score (nSPS) is 15.3. The van der Waals surface area contributed by atoms with Gasteiger partial charge in [-0.1, -0.05) is 84.4 Å². The summed E-state index contributed by atoms with van der Waals surface area (Å²) in [5, 5.41) is 0. The van der Waals surface area contributed by atoms with Crippen LogP contribution in [0.25, 0.3) is 0 Å². The van der Waals surface area contributed by atoms with E-state index in [1.807, 2.05) is 51.1 Å². The SMILES string of the molecule is COC(C)c1ccc(COCC(C)COC(=O)C(Br)C(C)c2ccccc2)cc1. The van der Waals surface area contributed by atoms with Gasteiger partial charge in [-0.25, -0.2) is 0 Å². The fourth-order valence-corrected chi connectivity index (χ4v) is 3.32. The summed E-state index contributed by atoms with van der Waals surface area (Å²) in [6.07, 6.45) is 0.0857. The van der Waals surface area contributed by atoms with Gasteiger partial charge in [-0.05, 0) is 23.6 Å². The van der Waals surface area contributed by atoms with Gasteiger partial charge in [-0.15, -0.1) is 0 Å². The molecule has 0 N–H and O–H groups in total. The number of hydrogen-bond acceptors (Lipinski definition) is 4. The van der Waals surface area contributed by atoms with E-state index in [2.05, 4.69) is 40.2 Å². The van der Waals surface area contributed by atoms with E-state index in [0.717, 1.165) is 16.7 Å². The molecule has 0 radical (unpaired) electrons. The van der Waals surface area contributed by atoms with Crippen molar-refractivity contribution in [1.29, 1.82) is 0 Å². The second kappa shape index (κ2) is 12.1. The summed E-state index contributed by atoms with van der Waals surface area (Å²) in [5.74, 6) is -0.0754. The molecule has 0 saturated heterocycles. The minimum atomic E-state index is -0.369. The zero-order valence-corrected chi connectivity index (χ0v) is 19.2. The molecule has 0 fully saturated rings. The van der Waals surface area contributed by atoms with Crippen molar-refractivity contribution >= 4 is 21.9 Å². The predicted octanol–water partition coefficient (Wildman–Crippen LogP) is 5.66. The van der Waals surface area contributed by atoms with Crippen LogP contribution in [0.2, 0.25) is 0 Å². The van der Waals surface area contributed by atoms with Crippen molar-refractivity contribution in [1.82, 2.24) is 0 Å². The number of rotatable bonds is 11. The number of alkyl halides is 1. The first-order chi connectivity index (χ1) is 13.9. The van der Waals surface area contributed by atoms with E-state index in [-0.39, 0.29) is 28.7 Å². The molecule has 0 aliphatic rings. The van der Waals surface area contributed by atoms with Gasteiger partial charge in [0.1, 0.15) is 4.83 Å². The molecule has 0 aliphatic carbocycles. The molecular formula is C24H31BrO4. The molecule has 0 bridgehead atoms. The van der Waals surface area contributed by atoms with Gasteiger partial charge in [-0.2, -0.15) is 0 Å². The number of ether oxygens (including phenoxy) is 3. The van der Waals surface area contributed by atoms with Crippen LogP contribution >= 0.6 is 15.9 Å². The van der Waals surface area contributed by atoms with Gasteiger partial charge in [0.25, 0.3) is 0 Å². The molecule has 0 spiro atoms. The maximum Gasteiger partial charge on any atom is 0.320 e. The van der Waals surface area contributed by atoms with Crippen molar-refractivity contribution in [3.05, 3.63) is 71.3 Å². The largest absolute Gasteiger partial charge is 0.464 e. The zero-order chi connectivity index (χ0) is 21.2. The molecule has 158 valence electrons. The molecule has 2 aromatic rings. The van der Waals surface area contributed by atoms with E-state index in [1.165, 1.54) is 0 Å². The van der Waals surface area contributed by atoms with Crippen LogP contribution in [-0.4, -0.2) is 31.1 Å². The average Bonchev–Trinajstić information content (AvgIpc) is 2.76. The third-order valence-electron chi connectivity index (χ3n) is 4.97. The molecule has 4 unspecified atom stereocenters. The van der Waals surface area contributed by atoms with Gasteiger partial charge in [-0.3, -0.25) is 4.79 Å². The quantitative estimate of drug-likeness (QED) is 0.319. The minimum absolute atomic E-state index is 0.0408. The van der Waals surface area contributed by atoms with E-state index < -0.39 is 0 Å². The smallest absolute Gasteiger partial charge is 0.320 e. The molecule has 0 amide bonds. The summed E-state index contributed by atoms with van der Waals surface area (Å²) in [5.41, 5.74) is 3.36. The van der Waals surface area contributed by atoms with Crippen molar-refractivity contribution < 1.29 is 19.0 Å². The van der Waals surface area contributed by atoms with Crippen LogP contribution in [0.5, 0.6) is 0 Å². The van der Waals surface area contributed by atoms with Crippen LogP contribution in [-0.2, 0) is 25.6 Å². The summed E-state index contributed by atoms with van der Waals surface area (Å²) in [6.45, 7) is 7.46. The Morgan fingerprint density at radius 3 is 2.21 bits per heavy atom. The Kier molecular flexibility index (Phi) is 9.85. The molecule has 2 rings (SSSR count). The van der Waals surface area contributed by atoms with Crippen LogP contribution in [0.15, 0.2) is 54.6 Å². The lowest BCUT2D eigenvalue weighted by Gasteiger charge is -2.19. The molecule has 2 aromatic carbocycles. The molecule has 0 heterocycles. The van der Waals surface area contributed by atoms with E-state index in [4.69, 9.17) is 14.2 Å². The van der Waals surface area contributed by atoms with Crippen molar-refractivity contribution in [2.45, 2.75) is 44.2 Å². The molecule has 4 atom stereocenters. The van der Waals surface area contributed by atoms with E-state index in [0.29, 0.717) is 19.8 Å². The lowest BCUT2D eigenvalue weighted by atomic mass is 9.98. The van der Waals surface area contributed by atoms with Gasteiger partial charge in [0, 0.05) is 18.9 Å². The topological polar surface area (TPSA) is 44.8 Å². The minimum Gasteiger partial charge on any atom is -0.464 e. The van der Waals surface area contributed by atoms with E-state index in [9.17, 15) is 4.79 Å². The molecule has 0 aromatic heterocycles. The molecule has 5 heteroatoms. The predicted molar refractivity (Wildman–Crippen MR) is 119 cm³/mol. The highest BCUT2D eigenvalue weighted by molar-refractivity contribution is 9.10. The number of esters is 1. The average molecular weight is 463 g/mol. The summed E-state index contributed by atoms with van der Waals surface area (Å²) < 4.78 is 16.6. The first-order valence-corrected chi connectivity index (χ1v) is 10.9. The highest BCUT2D eigenvalue weighted by Gasteiger charge is 2.25. The molecule has 4 nitrogen and oxygen atoms in total.